The summed E-state index contributed by atoms with van der Waals surface area (Å²) in [5, 5.41) is 10.7. The maximum absolute atomic E-state index is 10.1. The molecule has 1 N–H and O–H groups in total. The summed E-state index contributed by atoms with van der Waals surface area (Å²) in [6.07, 6.45) is 0. The van der Waals surface area contributed by atoms with Crippen molar-refractivity contribution in [2.45, 2.75) is 19.9 Å². The third-order valence-electron chi connectivity index (χ3n) is 0.998. The van der Waals surface area contributed by atoms with Crippen molar-refractivity contribution in [3.8, 4) is 0 Å². The molecule has 0 bridgehead atoms. The van der Waals surface area contributed by atoms with Crippen molar-refractivity contribution in [3.63, 3.8) is 0 Å². The predicted molar refractivity (Wildman–Crippen MR) is 37.8 cm³/mol. The molecule has 53 valence electrons. The standard InChI is InChI=1S/C5H9NO3.Na/c1-3(2)4(6-9)5(7)8;/h3-4H,1-2H3,(H,7,8);/t4-;/m0./s1. The van der Waals surface area contributed by atoms with Gasteiger partial charge in [0, 0.05) is 29.6 Å². The third kappa shape index (κ3) is 3.98. The van der Waals surface area contributed by atoms with Crippen molar-refractivity contribution >= 4 is 35.5 Å². The van der Waals surface area contributed by atoms with E-state index in [0.717, 1.165) is 0 Å². The van der Waals surface area contributed by atoms with Gasteiger partial charge in [-0.25, -0.2) is 4.79 Å². The summed E-state index contributed by atoms with van der Waals surface area (Å²) in [5.74, 6) is -1.38. The molecule has 0 spiro atoms. The molecule has 4 nitrogen and oxygen atoms in total. The summed E-state index contributed by atoms with van der Waals surface area (Å²) >= 11 is 0. The number of carboxylic acids is 1. The van der Waals surface area contributed by atoms with Crippen LogP contribution in [-0.2, 0) is 4.79 Å². The first-order chi connectivity index (χ1) is 4.09. The molecule has 0 saturated carbocycles. The van der Waals surface area contributed by atoms with Crippen molar-refractivity contribution in [1.29, 1.82) is 0 Å². The first-order valence-corrected chi connectivity index (χ1v) is 2.65. The molecule has 0 heterocycles. The molecule has 0 aliphatic heterocycles. The van der Waals surface area contributed by atoms with Gasteiger partial charge in [-0.2, -0.15) is 0 Å². The van der Waals surface area contributed by atoms with Crippen LogP contribution < -0.4 is 0 Å². The Morgan fingerprint density at radius 3 is 1.90 bits per heavy atom. The van der Waals surface area contributed by atoms with Gasteiger partial charge in [-0.05, 0) is 5.92 Å². The normalized spacial score (nSPS) is 11.9. The first kappa shape index (κ1) is 12.7. The van der Waals surface area contributed by atoms with E-state index in [1.54, 1.807) is 13.8 Å². The molecule has 1 radical (unpaired) electrons. The maximum Gasteiger partial charge on any atom is 0.332 e. The van der Waals surface area contributed by atoms with E-state index in [4.69, 9.17) is 5.11 Å². The summed E-state index contributed by atoms with van der Waals surface area (Å²) in [6, 6.07) is -1.09. The van der Waals surface area contributed by atoms with E-state index in [1.807, 2.05) is 0 Å². The Labute approximate surface area is 81.3 Å². The Hall–Kier alpha value is 0.0700. The molecule has 5 heteroatoms. The minimum atomic E-state index is -1.15. The topological polar surface area (TPSA) is 66.7 Å². The number of hydrogen-bond acceptors (Lipinski definition) is 3. The Bertz CT molecular complexity index is 126. The second kappa shape index (κ2) is 5.82. The zero-order valence-corrected chi connectivity index (χ0v) is 8.37. The van der Waals surface area contributed by atoms with Crippen molar-refractivity contribution in [1.82, 2.24) is 0 Å². The molecule has 0 unspecified atom stereocenters. The van der Waals surface area contributed by atoms with Crippen LogP contribution in [0, 0.1) is 10.8 Å². The molecule has 0 aliphatic carbocycles. The Balaban J connectivity index is 0. The van der Waals surface area contributed by atoms with Crippen molar-refractivity contribution in [3.05, 3.63) is 4.91 Å². The van der Waals surface area contributed by atoms with Gasteiger partial charge in [0.1, 0.15) is 0 Å². The second-order valence-corrected chi connectivity index (χ2v) is 2.13. The number of rotatable bonds is 3. The molecule has 0 saturated heterocycles. The van der Waals surface area contributed by atoms with Gasteiger partial charge < -0.3 is 5.11 Å². The van der Waals surface area contributed by atoms with Crippen LogP contribution >= 0.6 is 0 Å². The quantitative estimate of drug-likeness (QED) is 0.475. The average Bonchev–Trinajstić information content (AvgIpc) is 1.64. The fourth-order valence-electron chi connectivity index (χ4n) is 0.452. The Morgan fingerprint density at radius 2 is 1.90 bits per heavy atom. The van der Waals surface area contributed by atoms with E-state index < -0.39 is 12.0 Å². The molecule has 0 aromatic rings. The first-order valence-electron chi connectivity index (χ1n) is 2.65. The number of carboxylic acid groups (broad SMARTS) is 1. The van der Waals surface area contributed by atoms with Crippen LogP contribution in [0.1, 0.15) is 13.8 Å². The minimum Gasteiger partial charge on any atom is -0.480 e. The van der Waals surface area contributed by atoms with Gasteiger partial charge in [-0.1, -0.05) is 19.0 Å². The van der Waals surface area contributed by atoms with E-state index in [1.165, 1.54) is 0 Å². The van der Waals surface area contributed by atoms with Crippen LogP contribution in [0.25, 0.3) is 0 Å². The van der Waals surface area contributed by atoms with Crippen molar-refractivity contribution < 1.29 is 9.90 Å². The molecular weight excluding hydrogens is 145 g/mol. The van der Waals surface area contributed by atoms with Gasteiger partial charge >= 0.3 is 5.97 Å². The zero-order valence-electron chi connectivity index (χ0n) is 6.37. The monoisotopic (exact) mass is 154 g/mol. The predicted octanol–water partition coefficient (Wildman–Crippen LogP) is 0.481. The van der Waals surface area contributed by atoms with Gasteiger partial charge in [0.15, 0.2) is 6.04 Å². The SMILES string of the molecule is CC(C)[C@H](N=O)C(=O)O.[Na]. The summed E-state index contributed by atoms with van der Waals surface area (Å²) in [5.41, 5.74) is 0. The summed E-state index contributed by atoms with van der Waals surface area (Å²) in [7, 11) is 0. The van der Waals surface area contributed by atoms with Crippen LogP contribution in [0.2, 0.25) is 0 Å². The number of hydrogen-bond donors (Lipinski definition) is 1. The molecule has 0 aromatic heterocycles. The fourth-order valence-corrected chi connectivity index (χ4v) is 0.452. The van der Waals surface area contributed by atoms with Gasteiger partial charge in [-0.3, -0.25) is 0 Å². The average molecular weight is 154 g/mol. The van der Waals surface area contributed by atoms with E-state index in [2.05, 4.69) is 5.18 Å². The van der Waals surface area contributed by atoms with Gasteiger partial charge in [0.05, 0.1) is 0 Å². The molecular formula is C5H9NNaO3. The molecule has 0 aromatic carbocycles. The van der Waals surface area contributed by atoms with Crippen LogP contribution in [0.4, 0.5) is 0 Å². The van der Waals surface area contributed by atoms with E-state index in [0.29, 0.717) is 0 Å². The third-order valence-corrected chi connectivity index (χ3v) is 0.998. The van der Waals surface area contributed by atoms with Crippen LogP contribution in [0.15, 0.2) is 5.18 Å². The molecule has 1 atom stereocenters. The number of nitrogens with zero attached hydrogens (tertiary/aromatic N) is 1. The molecule has 0 rings (SSSR count). The second-order valence-electron chi connectivity index (χ2n) is 2.13. The summed E-state index contributed by atoms with van der Waals surface area (Å²) < 4.78 is 0. The van der Waals surface area contributed by atoms with Crippen LogP contribution in [-0.4, -0.2) is 46.7 Å². The Kier molecular flexibility index (Phi) is 7.41. The number of carbonyl (C=O) groups is 1. The number of nitroso groups, excluding NO2 is 1. The van der Waals surface area contributed by atoms with Gasteiger partial charge in [0.25, 0.3) is 0 Å². The zero-order chi connectivity index (χ0) is 7.44. The minimum absolute atomic E-state index is 0. The molecule has 10 heavy (non-hydrogen) atoms. The molecule has 0 fully saturated rings. The Morgan fingerprint density at radius 1 is 1.50 bits per heavy atom. The van der Waals surface area contributed by atoms with E-state index in [-0.39, 0.29) is 35.5 Å². The van der Waals surface area contributed by atoms with Crippen LogP contribution in [0.3, 0.4) is 0 Å². The smallest absolute Gasteiger partial charge is 0.332 e. The largest absolute Gasteiger partial charge is 0.480 e. The molecule has 0 aliphatic rings. The van der Waals surface area contributed by atoms with E-state index >= 15 is 0 Å². The summed E-state index contributed by atoms with van der Waals surface area (Å²) in [4.78, 5) is 19.8. The number of aliphatic carboxylic acids is 1. The van der Waals surface area contributed by atoms with Gasteiger partial charge in [0.2, 0.25) is 0 Å². The summed E-state index contributed by atoms with van der Waals surface area (Å²) in [6.45, 7) is 3.28. The maximum atomic E-state index is 10.1. The van der Waals surface area contributed by atoms with Crippen molar-refractivity contribution in [2.24, 2.45) is 11.1 Å². The van der Waals surface area contributed by atoms with Crippen LogP contribution in [0.5, 0.6) is 0 Å². The van der Waals surface area contributed by atoms with E-state index in [9.17, 15) is 9.70 Å². The van der Waals surface area contributed by atoms with Gasteiger partial charge in [-0.15, -0.1) is 4.91 Å². The van der Waals surface area contributed by atoms with Crippen molar-refractivity contribution in [2.75, 3.05) is 0 Å². The fraction of sp³-hybridized carbons (Fsp3) is 0.800. The molecule has 0 amide bonds.